The number of nitrogens with one attached hydrogen (secondary N) is 1. The summed E-state index contributed by atoms with van der Waals surface area (Å²) in [4.78, 5) is 29.2. The number of nitrogens with zero attached hydrogens (tertiary/aromatic N) is 7. The Morgan fingerprint density at radius 2 is 1.93 bits per heavy atom. The van der Waals surface area contributed by atoms with Crippen molar-refractivity contribution >= 4 is 11.2 Å². The molecule has 0 bridgehead atoms. The molecule has 4 rings (SSSR count). The van der Waals surface area contributed by atoms with Gasteiger partial charge >= 0.3 is 11.7 Å². The fraction of sp³-hybridized carbons (Fsp3) is 0.176. The quantitative estimate of drug-likeness (QED) is 0.502. The van der Waals surface area contributed by atoms with E-state index >= 15 is 0 Å². The minimum Gasteiger partial charge on any atom is -0.425 e. The molecule has 0 atom stereocenters. The van der Waals surface area contributed by atoms with Crippen molar-refractivity contribution in [3.05, 3.63) is 57.8 Å². The average molecular weight is 380 g/mol. The van der Waals surface area contributed by atoms with Gasteiger partial charge in [-0.25, -0.2) is 4.79 Å². The summed E-state index contributed by atoms with van der Waals surface area (Å²) in [5, 5.41) is 13.8. The summed E-state index contributed by atoms with van der Waals surface area (Å²) in [5.41, 5.74) is 0.361. The van der Waals surface area contributed by atoms with Crippen LogP contribution < -0.4 is 16.0 Å². The number of imidazole rings is 1. The third-order valence-corrected chi connectivity index (χ3v) is 4.29. The normalized spacial score (nSPS) is 11.1. The maximum Gasteiger partial charge on any atom is 0.332 e. The van der Waals surface area contributed by atoms with Crippen LogP contribution in [0.3, 0.4) is 0 Å². The lowest BCUT2D eigenvalue weighted by molar-refractivity contribution is 0.422. The number of fused-ring (bicyclic) bond motifs is 1. The van der Waals surface area contributed by atoms with Gasteiger partial charge in [-0.2, -0.15) is 10.2 Å². The molecule has 11 heteroatoms. The lowest BCUT2D eigenvalue weighted by Gasteiger charge is -2.08. The van der Waals surface area contributed by atoms with Crippen LogP contribution in [0.5, 0.6) is 11.8 Å². The number of tetrazole rings is 1. The maximum absolute atomic E-state index is 12.6. The molecule has 0 aliphatic carbocycles. The van der Waals surface area contributed by atoms with Gasteiger partial charge in [0.05, 0.1) is 0 Å². The van der Waals surface area contributed by atoms with E-state index in [-0.39, 0.29) is 17.2 Å². The summed E-state index contributed by atoms with van der Waals surface area (Å²) >= 11 is 0. The summed E-state index contributed by atoms with van der Waals surface area (Å²) in [6.45, 7) is 4.01. The summed E-state index contributed by atoms with van der Waals surface area (Å²) in [6, 6.07) is 7.17. The Kier molecular flexibility index (Phi) is 4.11. The van der Waals surface area contributed by atoms with E-state index in [9.17, 15) is 9.59 Å². The molecule has 142 valence electrons. The van der Waals surface area contributed by atoms with Gasteiger partial charge in [0.2, 0.25) is 5.82 Å². The van der Waals surface area contributed by atoms with Crippen molar-refractivity contribution in [3.63, 3.8) is 0 Å². The van der Waals surface area contributed by atoms with Crippen LogP contribution in [0.1, 0.15) is 0 Å². The minimum atomic E-state index is -0.461. The van der Waals surface area contributed by atoms with Gasteiger partial charge in [-0.05, 0) is 29.5 Å². The van der Waals surface area contributed by atoms with E-state index in [4.69, 9.17) is 4.74 Å². The molecule has 3 heterocycles. The molecule has 0 radical (unpaired) electrons. The van der Waals surface area contributed by atoms with Crippen molar-refractivity contribution < 1.29 is 4.74 Å². The Morgan fingerprint density at radius 3 is 2.57 bits per heavy atom. The molecule has 4 aromatic rings. The molecule has 1 N–H and O–H groups in total. The second-order valence-corrected chi connectivity index (χ2v) is 6.03. The molecule has 0 spiro atoms. The van der Waals surface area contributed by atoms with Crippen molar-refractivity contribution in [2.75, 3.05) is 0 Å². The zero-order chi connectivity index (χ0) is 19.8. The van der Waals surface area contributed by atoms with E-state index in [1.807, 2.05) is 0 Å². The number of aromatic amines is 1. The largest absolute Gasteiger partial charge is 0.425 e. The standard InChI is InChI=1S/C17H16N8O3/c1-4-9-25-12-14(23(2)17(27)24(3)15(12)26)18-16(25)28-11-7-5-10(6-8-11)13-19-21-22-20-13/h4-8H,1,9H2,2-3H3,(H,19,20,21,22). The Hall–Kier alpha value is -4.02. The van der Waals surface area contributed by atoms with Crippen LogP contribution in [0.2, 0.25) is 0 Å². The highest BCUT2D eigenvalue weighted by Crippen LogP contribution is 2.25. The molecule has 0 saturated carbocycles. The number of benzene rings is 1. The van der Waals surface area contributed by atoms with E-state index in [1.54, 1.807) is 42.0 Å². The number of ether oxygens (including phenoxy) is 1. The van der Waals surface area contributed by atoms with Gasteiger partial charge in [-0.15, -0.1) is 16.8 Å². The van der Waals surface area contributed by atoms with Gasteiger partial charge in [-0.3, -0.25) is 18.5 Å². The van der Waals surface area contributed by atoms with Crippen LogP contribution in [0.25, 0.3) is 22.6 Å². The number of hydrogen-bond acceptors (Lipinski definition) is 7. The smallest absolute Gasteiger partial charge is 0.332 e. The van der Waals surface area contributed by atoms with Crippen molar-refractivity contribution in [1.82, 2.24) is 39.3 Å². The fourth-order valence-electron chi connectivity index (χ4n) is 2.86. The molecule has 0 unspecified atom stereocenters. The Bertz CT molecular complexity index is 1280. The highest BCUT2D eigenvalue weighted by molar-refractivity contribution is 5.72. The highest BCUT2D eigenvalue weighted by Gasteiger charge is 2.20. The first-order valence-electron chi connectivity index (χ1n) is 8.30. The molecule has 0 amide bonds. The number of rotatable bonds is 5. The third kappa shape index (κ3) is 2.69. The molecule has 1 aromatic carbocycles. The predicted molar refractivity (Wildman–Crippen MR) is 100 cm³/mol. The van der Waals surface area contributed by atoms with Crippen LogP contribution in [-0.2, 0) is 20.6 Å². The van der Waals surface area contributed by atoms with Crippen molar-refractivity contribution in [2.45, 2.75) is 6.54 Å². The Morgan fingerprint density at radius 1 is 1.18 bits per heavy atom. The van der Waals surface area contributed by atoms with E-state index in [0.717, 1.165) is 10.1 Å². The van der Waals surface area contributed by atoms with Gasteiger partial charge in [0.15, 0.2) is 11.2 Å². The SMILES string of the molecule is C=CCn1c(Oc2ccc(-c3nn[nH]n3)cc2)nc2c1c(=O)n(C)c(=O)n2C. The lowest BCUT2D eigenvalue weighted by Crippen LogP contribution is -2.37. The summed E-state index contributed by atoms with van der Waals surface area (Å²) in [5.74, 6) is 0.957. The monoisotopic (exact) mass is 380 g/mol. The van der Waals surface area contributed by atoms with Gasteiger partial charge < -0.3 is 4.74 Å². The second-order valence-electron chi connectivity index (χ2n) is 6.03. The van der Waals surface area contributed by atoms with Gasteiger partial charge in [-0.1, -0.05) is 6.08 Å². The van der Waals surface area contributed by atoms with Gasteiger partial charge in [0.1, 0.15) is 5.75 Å². The number of hydrogen-bond donors (Lipinski definition) is 1. The first-order chi connectivity index (χ1) is 13.5. The van der Waals surface area contributed by atoms with Gasteiger partial charge in [0.25, 0.3) is 5.56 Å². The van der Waals surface area contributed by atoms with Crippen molar-refractivity contribution in [2.24, 2.45) is 14.1 Å². The first-order valence-corrected chi connectivity index (χ1v) is 8.30. The predicted octanol–water partition coefficient (Wildman–Crippen LogP) is 0.592. The van der Waals surface area contributed by atoms with Crippen molar-refractivity contribution in [1.29, 1.82) is 0 Å². The summed E-state index contributed by atoms with van der Waals surface area (Å²) < 4.78 is 9.81. The van der Waals surface area contributed by atoms with Crippen molar-refractivity contribution in [3.8, 4) is 23.1 Å². The third-order valence-electron chi connectivity index (χ3n) is 4.29. The van der Waals surface area contributed by atoms with E-state index in [1.165, 1.54) is 11.6 Å². The minimum absolute atomic E-state index is 0.181. The zero-order valence-electron chi connectivity index (χ0n) is 15.2. The van der Waals surface area contributed by atoms with Crippen LogP contribution in [0, 0.1) is 0 Å². The summed E-state index contributed by atoms with van der Waals surface area (Å²) in [6.07, 6.45) is 1.62. The number of aryl methyl sites for hydroxylation is 1. The lowest BCUT2D eigenvalue weighted by atomic mass is 10.2. The molecule has 28 heavy (non-hydrogen) atoms. The number of aromatic nitrogens is 8. The summed E-state index contributed by atoms with van der Waals surface area (Å²) in [7, 11) is 2.98. The molecule has 0 aliphatic rings. The molecule has 0 aliphatic heterocycles. The number of allylic oxidation sites excluding steroid dienone is 1. The van der Waals surface area contributed by atoms with Crippen LogP contribution >= 0.6 is 0 Å². The van der Waals surface area contributed by atoms with E-state index in [0.29, 0.717) is 18.1 Å². The maximum atomic E-state index is 12.6. The number of H-pyrrole nitrogens is 1. The Labute approximate surface area is 157 Å². The molecular weight excluding hydrogens is 364 g/mol. The van der Waals surface area contributed by atoms with Gasteiger partial charge in [0, 0.05) is 26.2 Å². The van der Waals surface area contributed by atoms with E-state index in [2.05, 4.69) is 32.2 Å². The van der Waals surface area contributed by atoms with Crippen LogP contribution in [0.15, 0.2) is 46.5 Å². The molecule has 11 nitrogen and oxygen atoms in total. The highest BCUT2D eigenvalue weighted by atomic mass is 16.5. The topological polar surface area (TPSA) is 126 Å². The van der Waals surface area contributed by atoms with Crippen LogP contribution in [0.4, 0.5) is 0 Å². The first kappa shape index (κ1) is 17.4. The fourth-order valence-corrected chi connectivity index (χ4v) is 2.86. The van der Waals surface area contributed by atoms with Crippen LogP contribution in [-0.4, -0.2) is 39.3 Å². The molecule has 0 fully saturated rings. The molecule has 0 saturated heterocycles. The van der Waals surface area contributed by atoms with E-state index < -0.39 is 11.2 Å². The molecular formula is C17H16N8O3. The average Bonchev–Trinajstić information content (AvgIpc) is 3.35. The zero-order valence-corrected chi connectivity index (χ0v) is 15.2. The Balaban J connectivity index is 1.80. The second kappa shape index (κ2) is 6.61. The molecule has 3 aromatic heterocycles.